The molecule has 1 saturated heterocycles. The minimum absolute atomic E-state index is 0.0534. The maximum absolute atomic E-state index is 13.1. The van der Waals surface area contributed by atoms with E-state index in [0.717, 1.165) is 17.0 Å². The van der Waals surface area contributed by atoms with E-state index in [1.807, 2.05) is 48.5 Å². The van der Waals surface area contributed by atoms with Crippen molar-refractivity contribution in [1.29, 1.82) is 0 Å². The third-order valence-electron chi connectivity index (χ3n) is 5.84. The average molecular weight is 449 g/mol. The fourth-order valence-electron chi connectivity index (χ4n) is 4.06. The normalized spacial score (nSPS) is 13.7. The Labute approximate surface area is 193 Å². The van der Waals surface area contributed by atoms with Crippen LogP contribution in [0.15, 0.2) is 59.4 Å². The summed E-state index contributed by atoms with van der Waals surface area (Å²) in [6.45, 7) is 4.25. The van der Waals surface area contributed by atoms with Gasteiger partial charge in [-0.1, -0.05) is 12.1 Å². The van der Waals surface area contributed by atoms with Gasteiger partial charge in [-0.25, -0.2) is 4.98 Å². The van der Waals surface area contributed by atoms with Crippen LogP contribution < -0.4 is 19.9 Å². The van der Waals surface area contributed by atoms with Crippen LogP contribution in [0.3, 0.4) is 0 Å². The topological polar surface area (TPSA) is 76.9 Å². The Bertz CT molecular complexity index is 1180. The van der Waals surface area contributed by atoms with Crippen LogP contribution in [0.25, 0.3) is 11.4 Å². The highest BCUT2D eigenvalue weighted by atomic mass is 16.5. The van der Waals surface area contributed by atoms with Crippen molar-refractivity contribution < 1.29 is 14.3 Å². The molecule has 0 unspecified atom stereocenters. The van der Waals surface area contributed by atoms with Crippen LogP contribution >= 0.6 is 0 Å². The van der Waals surface area contributed by atoms with Gasteiger partial charge in [-0.3, -0.25) is 14.2 Å². The summed E-state index contributed by atoms with van der Waals surface area (Å²) in [6, 6.07) is 16.6. The first kappa shape index (κ1) is 22.4. The number of nitrogens with zero attached hydrogens (tertiary/aromatic N) is 4. The van der Waals surface area contributed by atoms with Crippen LogP contribution in [0.1, 0.15) is 5.69 Å². The van der Waals surface area contributed by atoms with Gasteiger partial charge in [0.1, 0.15) is 23.9 Å². The predicted octanol–water partition coefficient (Wildman–Crippen LogP) is 2.58. The number of carbonyl (C=O) groups excluding carboxylic acids is 1. The molecule has 8 nitrogen and oxygen atoms in total. The summed E-state index contributed by atoms with van der Waals surface area (Å²) in [5.74, 6) is 1.91. The lowest BCUT2D eigenvalue weighted by atomic mass is 10.2. The number of ether oxygens (including phenoxy) is 2. The highest BCUT2D eigenvalue weighted by Gasteiger charge is 2.24. The Balaban J connectivity index is 1.50. The molecule has 1 fully saturated rings. The maximum Gasteiger partial charge on any atom is 0.254 e. The van der Waals surface area contributed by atoms with Gasteiger partial charge in [-0.2, -0.15) is 0 Å². The number of benzene rings is 2. The van der Waals surface area contributed by atoms with E-state index in [2.05, 4.69) is 9.88 Å². The third kappa shape index (κ3) is 4.84. The third-order valence-corrected chi connectivity index (χ3v) is 5.84. The molecule has 3 aromatic rings. The number of aryl methyl sites for hydroxylation is 1. The lowest BCUT2D eigenvalue weighted by molar-refractivity contribution is -0.132. The summed E-state index contributed by atoms with van der Waals surface area (Å²) in [5, 5.41) is 0. The fraction of sp³-hybridized carbons (Fsp3) is 0.320. The van der Waals surface area contributed by atoms with Gasteiger partial charge < -0.3 is 19.3 Å². The summed E-state index contributed by atoms with van der Waals surface area (Å²) >= 11 is 0. The molecular weight excluding hydrogens is 420 g/mol. The first-order valence-corrected chi connectivity index (χ1v) is 10.9. The average Bonchev–Trinajstić information content (AvgIpc) is 2.85. The molecule has 0 bridgehead atoms. The van der Waals surface area contributed by atoms with Gasteiger partial charge in [-0.05, 0) is 43.3 Å². The molecule has 1 aliphatic heterocycles. The Morgan fingerprint density at radius 1 is 0.970 bits per heavy atom. The van der Waals surface area contributed by atoms with E-state index in [1.54, 1.807) is 26.0 Å². The van der Waals surface area contributed by atoms with E-state index < -0.39 is 0 Å². The monoisotopic (exact) mass is 448 g/mol. The molecule has 0 saturated carbocycles. The van der Waals surface area contributed by atoms with E-state index in [0.29, 0.717) is 43.4 Å². The molecule has 0 radical (unpaired) electrons. The standard InChI is InChI=1S/C25H28N4O4/c1-18-16-23(30)29(25(26-18)19-8-10-20(32-2)11-9-19)17-24(31)28-14-12-27(13-15-28)21-6-4-5-7-22(21)33-3/h4-11,16H,12-15,17H2,1-3H3. The largest absolute Gasteiger partial charge is 0.497 e. The molecule has 33 heavy (non-hydrogen) atoms. The number of carbonyl (C=O) groups is 1. The van der Waals surface area contributed by atoms with Gasteiger partial charge in [0.2, 0.25) is 5.91 Å². The highest BCUT2D eigenvalue weighted by molar-refractivity contribution is 5.77. The molecule has 1 aliphatic rings. The minimum Gasteiger partial charge on any atom is -0.497 e. The summed E-state index contributed by atoms with van der Waals surface area (Å²) in [7, 11) is 3.26. The molecule has 8 heteroatoms. The second-order valence-electron chi connectivity index (χ2n) is 7.91. The van der Waals surface area contributed by atoms with Crippen LogP contribution in [0.5, 0.6) is 11.5 Å². The number of amides is 1. The van der Waals surface area contributed by atoms with E-state index in [9.17, 15) is 9.59 Å². The minimum atomic E-state index is -0.241. The molecule has 1 aromatic heterocycles. The SMILES string of the molecule is COc1ccc(-c2nc(C)cc(=O)n2CC(=O)N2CCN(c3ccccc3OC)CC2)cc1. The van der Waals surface area contributed by atoms with E-state index in [-0.39, 0.29) is 18.0 Å². The second-order valence-corrected chi connectivity index (χ2v) is 7.91. The number of hydrogen-bond donors (Lipinski definition) is 0. The summed E-state index contributed by atoms with van der Waals surface area (Å²) in [5.41, 5.74) is 2.15. The van der Waals surface area contributed by atoms with E-state index in [4.69, 9.17) is 9.47 Å². The molecule has 172 valence electrons. The van der Waals surface area contributed by atoms with Crippen LogP contribution in [0.2, 0.25) is 0 Å². The van der Waals surface area contributed by atoms with Crippen molar-refractivity contribution in [2.45, 2.75) is 13.5 Å². The number of para-hydroxylation sites is 2. The fourth-order valence-corrected chi connectivity index (χ4v) is 4.06. The van der Waals surface area contributed by atoms with Gasteiger partial charge in [0, 0.05) is 43.5 Å². The number of aromatic nitrogens is 2. The first-order valence-electron chi connectivity index (χ1n) is 10.9. The second kappa shape index (κ2) is 9.77. The Kier molecular flexibility index (Phi) is 6.63. The van der Waals surface area contributed by atoms with Gasteiger partial charge >= 0.3 is 0 Å². The van der Waals surface area contributed by atoms with Crippen LogP contribution in [0.4, 0.5) is 5.69 Å². The molecule has 0 N–H and O–H groups in total. The van der Waals surface area contributed by atoms with Crippen molar-refractivity contribution in [2.75, 3.05) is 45.3 Å². The highest BCUT2D eigenvalue weighted by Crippen LogP contribution is 2.28. The molecule has 1 amide bonds. The summed E-state index contributed by atoms with van der Waals surface area (Å²) in [6.07, 6.45) is 0. The van der Waals surface area contributed by atoms with E-state index in [1.165, 1.54) is 10.6 Å². The maximum atomic E-state index is 13.1. The number of anilines is 1. The van der Waals surface area contributed by atoms with Crippen LogP contribution in [0, 0.1) is 6.92 Å². The van der Waals surface area contributed by atoms with Gasteiger partial charge in [0.05, 0.1) is 19.9 Å². The molecule has 0 spiro atoms. The van der Waals surface area contributed by atoms with Crippen molar-refractivity contribution >= 4 is 11.6 Å². The zero-order chi connectivity index (χ0) is 23.4. The summed E-state index contributed by atoms with van der Waals surface area (Å²) < 4.78 is 12.1. The predicted molar refractivity (Wildman–Crippen MR) is 127 cm³/mol. The molecule has 0 aliphatic carbocycles. The lowest BCUT2D eigenvalue weighted by Crippen LogP contribution is -2.50. The molecule has 0 atom stereocenters. The number of hydrogen-bond acceptors (Lipinski definition) is 6. The number of rotatable bonds is 6. The first-order chi connectivity index (χ1) is 16.0. The molecular formula is C25H28N4O4. The summed E-state index contributed by atoms with van der Waals surface area (Å²) in [4.78, 5) is 34.5. The van der Waals surface area contributed by atoms with Crippen molar-refractivity contribution in [3.05, 3.63) is 70.6 Å². The van der Waals surface area contributed by atoms with Gasteiger partial charge in [-0.15, -0.1) is 0 Å². The van der Waals surface area contributed by atoms with Gasteiger partial charge in [0.25, 0.3) is 5.56 Å². The number of methoxy groups -OCH3 is 2. The molecule has 2 heterocycles. The van der Waals surface area contributed by atoms with Crippen LogP contribution in [-0.2, 0) is 11.3 Å². The molecule has 4 rings (SSSR count). The van der Waals surface area contributed by atoms with Crippen molar-refractivity contribution in [2.24, 2.45) is 0 Å². The Morgan fingerprint density at radius 2 is 1.67 bits per heavy atom. The van der Waals surface area contributed by atoms with Crippen LogP contribution in [-0.4, -0.2) is 60.8 Å². The Hall–Kier alpha value is -3.81. The van der Waals surface area contributed by atoms with Crippen molar-refractivity contribution in [1.82, 2.24) is 14.5 Å². The molecule has 2 aromatic carbocycles. The zero-order valence-electron chi connectivity index (χ0n) is 19.2. The Morgan fingerprint density at radius 3 is 2.33 bits per heavy atom. The van der Waals surface area contributed by atoms with E-state index >= 15 is 0 Å². The smallest absolute Gasteiger partial charge is 0.254 e. The van der Waals surface area contributed by atoms with Gasteiger partial charge in [0.15, 0.2) is 0 Å². The van der Waals surface area contributed by atoms with Crippen molar-refractivity contribution in [3.8, 4) is 22.9 Å². The number of piperazine rings is 1. The van der Waals surface area contributed by atoms with Crippen molar-refractivity contribution in [3.63, 3.8) is 0 Å². The quantitative estimate of drug-likeness (QED) is 0.577. The zero-order valence-corrected chi connectivity index (χ0v) is 19.2. The lowest BCUT2D eigenvalue weighted by Gasteiger charge is -2.36.